The lowest BCUT2D eigenvalue weighted by atomic mass is 10.0. The number of rotatable bonds is 3. The van der Waals surface area contributed by atoms with E-state index in [1.165, 1.54) is 11.1 Å². The first kappa shape index (κ1) is 12.5. The van der Waals surface area contributed by atoms with E-state index in [1.54, 1.807) is 0 Å². The summed E-state index contributed by atoms with van der Waals surface area (Å²) in [5.41, 5.74) is 2.61. The Morgan fingerprint density at radius 3 is 3.16 bits per heavy atom. The van der Waals surface area contributed by atoms with Crippen molar-refractivity contribution in [3.05, 3.63) is 29.3 Å². The fourth-order valence-electron chi connectivity index (χ4n) is 2.79. The van der Waals surface area contributed by atoms with Gasteiger partial charge in [-0.1, -0.05) is 12.1 Å². The summed E-state index contributed by atoms with van der Waals surface area (Å²) in [7, 11) is 1.88. The van der Waals surface area contributed by atoms with Gasteiger partial charge in [-0.25, -0.2) is 0 Å². The molecule has 2 aliphatic heterocycles. The number of nitrogens with one attached hydrogen (secondary N) is 1. The number of hydrogen-bond acceptors (Lipinski definition) is 3. The van der Waals surface area contributed by atoms with Crippen LogP contribution in [-0.4, -0.2) is 37.0 Å². The predicted molar refractivity (Wildman–Crippen MR) is 73.1 cm³/mol. The Bertz CT molecular complexity index is 487. The number of amides is 1. The number of fused-ring (bicyclic) bond motifs is 1. The maximum absolute atomic E-state index is 11.4. The number of likely N-dealkylation sites (N-methyl/N-ethyl adjacent to an activating group) is 1. The van der Waals surface area contributed by atoms with E-state index in [0.717, 1.165) is 38.3 Å². The number of nitrogens with zero attached hydrogens (tertiary/aromatic N) is 1. The highest BCUT2D eigenvalue weighted by molar-refractivity contribution is 5.76. The predicted octanol–water partition coefficient (Wildman–Crippen LogP) is 1.33. The molecule has 0 spiro atoms. The molecule has 0 bridgehead atoms. The molecule has 19 heavy (non-hydrogen) atoms. The van der Waals surface area contributed by atoms with Gasteiger partial charge in [0.25, 0.3) is 0 Å². The molecule has 0 aliphatic carbocycles. The SMILES string of the molecule is CN1CC(NCc2ccc3c(c2)CCO3)CCC1=O. The van der Waals surface area contributed by atoms with Crippen molar-refractivity contribution in [2.75, 3.05) is 20.2 Å². The second kappa shape index (κ2) is 5.21. The van der Waals surface area contributed by atoms with Crippen molar-refractivity contribution in [2.45, 2.75) is 31.8 Å². The highest BCUT2D eigenvalue weighted by atomic mass is 16.5. The highest BCUT2D eigenvalue weighted by Gasteiger charge is 2.22. The molecule has 1 aromatic rings. The minimum absolute atomic E-state index is 0.257. The first-order valence-electron chi connectivity index (χ1n) is 6.94. The van der Waals surface area contributed by atoms with Gasteiger partial charge in [0.1, 0.15) is 5.75 Å². The van der Waals surface area contributed by atoms with Gasteiger partial charge in [-0.15, -0.1) is 0 Å². The molecule has 1 amide bonds. The molecule has 1 fully saturated rings. The van der Waals surface area contributed by atoms with Crippen molar-refractivity contribution in [1.82, 2.24) is 10.2 Å². The Hall–Kier alpha value is -1.55. The van der Waals surface area contributed by atoms with Crippen molar-refractivity contribution < 1.29 is 9.53 Å². The molecule has 1 saturated heterocycles. The van der Waals surface area contributed by atoms with Crippen LogP contribution in [0.5, 0.6) is 5.75 Å². The number of likely N-dealkylation sites (tertiary alicyclic amines) is 1. The van der Waals surface area contributed by atoms with E-state index in [-0.39, 0.29) is 5.91 Å². The zero-order valence-electron chi connectivity index (χ0n) is 11.3. The Balaban J connectivity index is 1.56. The van der Waals surface area contributed by atoms with E-state index in [4.69, 9.17) is 4.74 Å². The average Bonchev–Trinajstić information content (AvgIpc) is 2.87. The standard InChI is InChI=1S/C15H20N2O2/c1-17-10-13(3-5-15(17)18)16-9-11-2-4-14-12(8-11)6-7-19-14/h2,4,8,13,16H,3,5-7,9-10H2,1H3. The van der Waals surface area contributed by atoms with E-state index in [0.29, 0.717) is 12.5 Å². The molecular formula is C15H20N2O2. The van der Waals surface area contributed by atoms with Gasteiger partial charge in [-0.05, 0) is 23.6 Å². The van der Waals surface area contributed by atoms with Crippen LogP contribution in [-0.2, 0) is 17.8 Å². The van der Waals surface area contributed by atoms with Crippen LogP contribution in [0.2, 0.25) is 0 Å². The molecule has 3 rings (SSSR count). The quantitative estimate of drug-likeness (QED) is 0.891. The summed E-state index contributed by atoms with van der Waals surface area (Å²) < 4.78 is 5.51. The van der Waals surface area contributed by atoms with E-state index in [2.05, 4.69) is 23.5 Å². The molecule has 2 aliphatic rings. The zero-order valence-corrected chi connectivity index (χ0v) is 11.3. The summed E-state index contributed by atoms with van der Waals surface area (Å²) in [6, 6.07) is 6.82. The number of carbonyl (C=O) groups excluding carboxylic acids is 1. The van der Waals surface area contributed by atoms with E-state index in [1.807, 2.05) is 11.9 Å². The van der Waals surface area contributed by atoms with E-state index < -0.39 is 0 Å². The van der Waals surface area contributed by atoms with Gasteiger partial charge in [0.2, 0.25) is 5.91 Å². The van der Waals surface area contributed by atoms with Crippen LogP contribution in [0.15, 0.2) is 18.2 Å². The number of carbonyl (C=O) groups is 1. The summed E-state index contributed by atoms with van der Waals surface area (Å²) in [6.07, 6.45) is 2.62. The van der Waals surface area contributed by atoms with E-state index >= 15 is 0 Å². The molecule has 102 valence electrons. The Morgan fingerprint density at radius 2 is 2.32 bits per heavy atom. The molecule has 0 aromatic heterocycles. The summed E-state index contributed by atoms with van der Waals surface area (Å²) in [5.74, 6) is 1.29. The third kappa shape index (κ3) is 2.73. The van der Waals surface area contributed by atoms with Gasteiger partial charge in [-0.2, -0.15) is 0 Å². The number of hydrogen-bond donors (Lipinski definition) is 1. The van der Waals surface area contributed by atoms with Crippen LogP contribution in [0.3, 0.4) is 0 Å². The molecule has 4 heteroatoms. The topological polar surface area (TPSA) is 41.6 Å². The van der Waals surface area contributed by atoms with Crippen molar-refractivity contribution in [3.8, 4) is 5.75 Å². The van der Waals surface area contributed by atoms with E-state index in [9.17, 15) is 4.79 Å². The zero-order chi connectivity index (χ0) is 13.2. The van der Waals surface area contributed by atoms with Crippen LogP contribution in [0.4, 0.5) is 0 Å². The van der Waals surface area contributed by atoms with Crippen molar-refractivity contribution in [2.24, 2.45) is 0 Å². The molecular weight excluding hydrogens is 240 g/mol. The van der Waals surface area contributed by atoms with Crippen LogP contribution >= 0.6 is 0 Å². The average molecular weight is 260 g/mol. The third-order valence-corrected chi connectivity index (χ3v) is 3.98. The smallest absolute Gasteiger partial charge is 0.222 e. The van der Waals surface area contributed by atoms with Gasteiger partial charge in [0.15, 0.2) is 0 Å². The van der Waals surface area contributed by atoms with Gasteiger partial charge in [0, 0.05) is 39.0 Å². The fraction of sp³-hybridized carbons (Fsp3) is 0.533. The second-order valence-electron chi connectivity index (χ2n) is 5.43. The largest absolute Gasteiger partial charge is 0.493 e. The second-order valence-corrected chi connectivity index (χ2v) is 5.43. The van der Waals surface area contributed by atoms with Crippen molar-refractivity contribution >= 4 is 5.91 Å². The molecule has 1 unspecified atom stereocenters. The molecule has 0 saturated carbocycles. The third-order valence-electron chi connectivity index (χ3n) is 3.98. The van der Waals surface area contributed by atoms with Crippen molar-refractivity contribution in [3.63, 3.8) is 0 Å². The maximum Gasteiger partial charge on any atom is 0.222 e. The maximum atomic E-state index is 11.4. The fourth-order valence-corrected chi connectivity index (χ4v) is 2.79. The number of benzene rings is 1. The Labute approximate surface area is 113 Å². The Morgan fingerprint density at radius 1 is 1.42 bits per heavy atom. The first-order valence-corrected chi connectivity index (χ1v) is 6.94. The minimum atomic E-state index is 0.257. The van der Waals surface area contributed by atoms with Gasteiger partial charge in [0.05, 0.1) is 6.61 Å². The van der Waals surface area contributed by atoms with Crippen LogP contribution in [0, 0.1) is 0 Å². The first-order chi connectivity index (χ1) is 9.22. The number of piperidine rings is 1. The molecule has 4 nitrogen and oxygen atoms in total. The summed E-state index contributed by atoms with van der Waals surface area (Å²) in [5, 5.41) is 3.55. The van der Waals surface area contributed by atoms with Gasteiger partial charge < -0.3 is 15.0 Å². The lowest BCUT2D eigenvalue weighted by Crippen LogP contribution is -2.46. The highest BCUT2D eigenvalue weighted by Crippen LogP contribution is 2.25. The summed E-state index contributed by atoms with van der Waals surface area (Å²) in [6.45, 7) is 2.48. The van der Waals surface area contributed by atoms with Gasteiger partial charge in [-0.3, -0.25) is 4.79 Å². The Kier molecular flexibility index (Phi) is 3.42. The molecule has 1 N–H and O–H groups in total. The van der Waals surface area contributed by atoms with Crippen molar-refractivity contribution in [1.29, 1.82) is 0 Å². The van der Waals surface area contributed by atoms with Crippen LogP contribution < -0.4 is 10.1 Å². The normalized spacial score (nSPS) is 22.3. The van der Waals surface area contributed by atoms with Gasteiger partial charge >= 0.3 is 0 Å². The van der Waals surface area contributed by atoms with Crippen LogP contribution in [0.1, 0.15) is 24.0 Å². The molecule has 2 heterocycles. The minimum Gasteiger partial charge on any atom is -0.493 e. The summed E-state index contributed by atoms with van der Waals surface area (Å²) in [4.78, 5) is 13.2. The summed E-state index contributed by atoms with van der Waals surface area (Å²) >= 11 is 0. The molecule has 1 atom stereocenters. The lowest BCUT2D eigenvalue weighted by Gasteiger charge is -2.30. The number of ether oxygens (including phenoxy) is 1. The molecule has 1 aromatic carbocycles. The van der Waals surface area contributed by atoms with Crippen LogP contribution in [0.25, 0.3) is 0 Å². The molecule has 0 radical (unpaired) electrons. The lowest BCUT2D eigenvalue weighted by molar-refractivity contribution is -0.132. The monoisotopic (exact) mass is 260 g/mol.